The van der Waals surface area contributed by atoms with E-state index >= 15 is 0 Å². The van der Waals surface area contributed by atoms with Crippen molar-refractivity contribution >= 4 is 0 Å². The van der Waals surface area contributed by atoms with Crippen molar-refractivity contribution in [2.24, 2.45) is 11.8 Å². The van der Waals surface area contributed by atoms with Crippen molar-refractivity contribution in [3.63, 3.8) is 0 Å². The molecule has 1 N–H and O–H groups in total. The van der Waals surface area contributed by atoms with Crippen LogP contribution in [-0.4, -0.2) is 37.1 Å². The predicted molar refractivity (Wildman–Crippen MR) is 69.6 cm³/mol. The summed E-state index contributed by atoms with van der Waals surface area (Å²) in [5, 5.41) is 3.69. The molecule has 0 bridgehead atoms. The maximum absolute atomic E-state index is 3.69. The molecule has 0 amide bonds. The van der Waals surface area contributed by atoms with Crippen molar-refractivity contribution in [2.75, 3.05) is 26.2 Å². The maximum Gasteiger partial charge on any atom is 0.0107 e. The van der Waals surface area contributed by atoms with Gasteiger partial charge in [-0.1, -0.05) is 6.92 Å². The lowest BCUT2D eigenvalue weighted by atomic mass is 10.2. The van der Waals surface area contributed by atoms with E-state index in [1.165, 1.54) is 58.3 Å². The first-order valence-corrected chi connectivity index (χ1v) is 7.25. The number of hydrogen-bond donors (Lipinski definition) is 1. The Kier molecular flexibility index (Phi) is 4.66. The Morgan fingerprint density at radius 3 is 2.50 bits per heavy atom. The van der Waals surface area contributed by atoms with Gasteiger partial charge in [0.25, 0.3) is 0 Å². The minimum atomic E-state index is 0.754. The molecule has 1 unspecified atom stereocenters. The summed E-state index contributed by atoms with van der Waals surface area (Å²) in [6.45, 7) is 9.72. The average Bonchev–Trinajstić information content (AvgIpc) is 3.12. The van der Waals surface area contributed by atoms with Gasteiger partial charge in [-0.05, 0) is 57.4 Å². The number of nitrogens with zero attached hydrogens (tertiary/aromatic N) is 1. The van der Waals surface area contributed by atoms with Crippen LogP contribution in [-0.2, 0) is 0 Å². The minimum Gasteiger partial charge on any atom is -0.313 e. The number of nitrogens with one attached hydrogen (secondary N) is 1. The lowest BCUT2D eigenvalue weighted by molar-refractivity contribution is 0.258. The molecule has 0 aromatic rings. The molecule has 2 saturated carbocycles. The van der Waals surface area contributed by atoms with Gasteiger partial charge in [-0.25, -0.2) is 0 Å². The smallest absolute Gasteiger partial charge is 0.0107 e. The first-order valence-electron chi connectivity index (χ1n) is 7.25. The highest BCUT2D eigenvalue weighted by Gasteiger charge is 2.27. The Hall–Kier alpha value is -0.0800. The Morgan fingerprint density at radius 1 is 1.19 bits per heavy atom. The fourth-order valence-electron chi connectivity index (χ4n) is 2.49. The molecule has 94 valence electrons. The van der Waals surface area contributed by atoms with Gasteiger partial charge in [0, 0.05) is 25.7 Å². The quantitative estimate of drug-likeness (QED) is 0.647. The second-order valence-corrected chi connectivity index (χ2v) is 5.82. The largest absolute Gasteiger partial charge is 0.313 e. The van der Waals surface area contributed by atoms with Crippen molar-refractivity contribution < 1.29 is 0 Å². The van der Waals surface area contributed by atoms with Gasteiger partial charge in [0.05, 0.1) is 0 Å². The molecule has 0 aromatic heterocycles. The lowest BCUT2D eigenvalue weighted by Gasteiger charge is -2.23. The van der Waals surface area contributed by atoms with Crippen LogP contribution in [0.2, 0.25) is 0 Å². The second-order valence-electron chi connectivity index (χ2n) is 5.82. The van der Waals surface area contributed by atoms with Crippen LogP contribution in [0.4, 0.5) is 0 Å². The highest BCUT2D eigenvalue weighted by atomic mass is 15.1. The van der Waals surface area contributed by atoms with Crippen molar-refractivity contribution in [3.8, 4) is 0 Å². The average molecular weight is 224 g/mol. The topological polar surface area (TPSA) is 15.3 Å². The number of rotatable bonds is 9. The summed E-state index contributed by atoms with van der Waals surface area (Å²) >= 11 is 0. The zero-order valence-electron chi connectivity index (χ0n) is 11.0. The molecule has 0 radical (unpaired) electrons. The van der Waals surface area contributed by atoms with Crippen molar-refractivity contribution in [1.29, 1.82) is 0 Å². The lowest BCUT2D eigenvalue weighted by Crippen LogP contribution is -2.38. The molecule has 16 heavy (non-hydrogen) atoms. The molecule has 0 aliphatic heterocycles. The fraction of sp³-hybridized carbons (Fsp3) is 1.00. The Bertz CT molecular complexity index is 197. The molecule has 2 fully saturated rings. The molecular formula is C14H28N2. The summed E-state index contributed by atoms with van der Waals surface area (Å²) in [7, 11) is 0. The summed E-state index contributed by atoms with van der Waals surface area (Å²) in [4.78, 5) is 2.66. The summed E-state index contributed by atoms with van der Waals surface area (Å²) in [5.41, 5.74) is 0. The van der Waals surface area contributed by atoms with Crippen LogP contribution in [0.3, 0.4) is 0 Å². The van der Waals surface area contributed by atoms with E-state index in [9.17, 15) is 0 Å². The SMILES string of the molecule is CCCN(CCNC(C)C1CC1)CC1CC1. The molecule has 2 heteroatoms. The van der Waals surface area contributed by atoms with Crippen LogP contribution in [0.5, 0.6) is 0 Å². The molecular weight excluding hydrogens is 196 g/mol. The molecule has 1 atom stereocenters. The third kappa shape index (κ3) is 4.42. The van der Waals surface area contributed by atoms with E-state index in [0.29, 0.717) is 0 Å². The molecule has 0 spiro atoms. The van der Waals surface area contributed by atoms with Crippen molar-refractivity contribution in [1.82, 2.24) is 10.2 Å². The van der Waals surface area contributed by atoms with Gasteiger partial charge in [-0.3, -0.25) is 0 Å². The zero-order valence-corrected chi connectivity index (χ0v) is 11.0. The van der Waals surface area contributed by atoms with Gasteiger partial charge in [-0.2, -0.15) is 0 Å². The zero-order chi connectivity index (χ0) is 11.4. The van der Waals surface area contributed by atoms with Gasteiger partial charge in [0.1, 0.15) is 0 Å². The number of hydrogen-bond acceptors (Lipinski definition) is 2. The van der Waals surface area contributed by atoms with Gasteiger partial charge in [0.2, 0.25) is 0 Å². The summed E-state index contributed by atoms with van der Waals surface area (Å²) in [5.74, 6) is 2.02. The standard InChI is InChI=1S/C14H28N2/c1-3-9-16(11-13-4-5-13)10-8-15-12(2)14-6-7-14/h12-15H,3-11H2,1-2H3. The van der Waals surface area contributed by atoms with E-state index in [2.05, 4.69) is 24.1 Å². The van der Waals surface area contributed by atoms with E-state index in [4.69, 9.17) is 0 Å². The van der Waals surface area contributed by atoms with Crippen LogP contribution >= 0.6 is 0 Å². The Labute approximate surface area is 101 Å². The van der Waals surface area contributed by atoms with Crippen LogP contribution in [0.1, 0.15) is 46.0 Å². The maximum atomic E-state index is 3.69. The van der Waals surface area contributed by atoms with Crippen LogP contribution < -0.4 is 5.32 Å². The Morgan fingerprint density at radius 2 is 1.94 bits per heavy atom. The molecule has 0 heterocycles. The molecule has 0 saturated heterocycles. The second kappa shape index (κ2) is 6.02. The summed E-state index contributed by atoms with van der Waals surface area (Å²) in [6, 6.07) is 0.754. The molecule has 0 aromatic carbocycles. The third-order valence-corrected chi connectivity index (χ3v) is 3.98. The third-order valence-electron chi connectivity index (χ3n) is 3.98. The van der Waals surface area contributed by atoms with Crippen LogP contribution in [0.25, 0.3) is 0 Å². The molecule has 2 aliphatic rings. The van der Waals surface area contributed by atoms with Gasteiger partial charge < -0.3 is 10.2 Å². The summed E-state index contributed by atoms with van der Waals surface area (Å²) < 4.78 is 0. The minimum absolute atomic E-state index is 0.754. The van der Waals surface area contributed by atoms with E-state index in [-0.39, 0.29) is 0 Å². The monoisotopic (exact) mass is 224 g/mol. The van der Waals surface area contributed by atoms with Crippen molar-refractivity contribution in [3.05, 3.63) is 0 Å². The highest BCUT2D eigenvalue weighted by Crippen LogP contribution is 2.32. The summed E-state index contributed by atoms with van der Waals surface area (Å²) in [6.07, 6.45) is 7.16. The molecule has 2 rings (SSSR count). The van der Waals surface area contributed by atoms with Gasteiger partial charge >= 0.3 is 0 Å². The van der Waals surface area contributed by atoms with Crippen LogP contribution in [0, 0.1) is 11.8 Å². The van der Waals surface area contributed by atoms with E-state index < -0.39 is 0 Å². The van der Waals surface area contributed by atoms with Gasteiger partial charge in [0.15, 0.2) is 0 Å². The van der Waals surface area contributed by atoms with E-state index in [0.717, 1.165) is 17.9 Å². The Balaban J connectivity index is 1.56. The first-order chi connectivity index (χ1) is 7.79. The van der Waals surface area contributed by atoms with Crippen molar-refractivity contribution in [2.45, 2.75) is 52.0 Å². The fourth-order valence-corrected chi connectivity index (χ4v) is 2.49. The highest BCUT2D eigenvalue weighted by molar-refractivity contribution is 4.83. The molecule has 2 nitrogen and oxygen atoms in total. The predicted octanol–water partition coefficient (Wildman–Crippen LogP) is 2.50. The van der Waals surface area contributed by atoms with Crippen LogP contribution in [0.15, 0.2) is 0 Å². The molecule has 2 aliphatic carbocycles. The van der Waals surface area contributed by atoms with E-state index in [1.54, 1.807) is 0 Å². The normalized spacial score (nSPS) is 22.7. The van der Waals surface area contributed by atoms with E-state index in [1.807, 2.05) is 0 Å². The first kappa shape index (κ1) is 12.4. The van der Waals surface area contributed by atoms with Gasteiger partial charge in [-0.15, -0.1) is 0 Å².